The van der Waals surface area contributed by atoms with E-state index < -0.39 is 0 Å². The summed E-state index contributed by atoms with van der Waals surface area (Å²) in [6, 6.07) is 0. The van der Waals surface area contributed by atoms with Crippen LogP contribution in [0.4, 0.5) is 0 Å². The molecule has 0 aliphatic rings. The van der Waals surface area contributed by atoms with Gasteiger partial charge < -0.3 is 11.1 Å². The molecule has 0 aromatic rings. The molecule has 88 valence electrons. The van der Waals surface area contributed by atoms with Gasteiger partial charge in [0.05, 0.1) is 26.2 Å². The topological polar surface area (TPSA) is 99.3 Å². The van der Waals surface area contributed by atoms with Gasteiger partial charge in [0.1, 0.15) is 0 Å². The van der Waals surface area contributed by atoms with E-state index in [2.05, 4.69) is 20.0 Å². The largest absolute Gasteiger partial charge is 0.326 e. The molecule has 3 N–H and O–H groups in total. The molecule has 0 saturated carbocycles. The number of hydrogen-bond donors (Lipinski definition) is 2. The maximum atomic E-state index is 6.73. The molecule has 0 bridgehead atoms. The first-order valence-corrected chi connectivity index (χ1v) is 5.04. The molecule has 0 fully saturated rings. The molecule has 6 nitrogen and oxygen atoms in total. The van der Waals surface area contributed by atoms with Crippen molar-refractivity contribution in [1.29, 1.82) is 5.41 Å². The molecule has 0 aliphatic heterocycles. The van der Waals surface area contributed by atoms with Crippen molar-refractivity contribution in [3.05, 3.63) is 0 Å². The third kappa shape index (κ3) is 12.3. The van der Waals surface area contributed by atoms with Gasteiger partial charge in [-0.15, -0.1) is 0 Å². The third-order valence-electron chi connectivity index (χ3n) is 1.38. The molecule has 0 aromatic heterocycles. The van der Waals surface area contributed by atoms with Gasteiger partial charge in [-0.25, -0.2) is 0 Å². The molecule has 0 atom stereocenters. The summed E-state index contributed by atoms with van der Waals surface area (Å²) < 4.78 is 0. The summed E-state index contributed by atoms with van der Waals surface area (Å²) in [6.45, 7) is 2.54. The van der Waals surface area contributed by atoms with Gasteiger partial charge in [0.25, 0.3) is 0 Å². The highest BCUT2D eigenvalue weighted by Gasteiger charge is 1.75. The minimum Gasteiger partial charge on any atom is -0.326 e. The molecule has 0 unspecified atom stereocenters. The van der Waals surface area contributed by atoms with Crippen LogP contribution in [0, 0.1) is 5.41 Å². The SMILES string of the molecule is N=CCN=CCN=CCN=CCN=CCN. The van der Waals surface area contributed by atoms with Gasteiger partial charge >= 0.3 is 0 Å². The van der Waals surface area contributed by atoms with E-state index in [1.807, 2.05) is 0 Å². The molecule has 0 aliphatic carbocycles. The van der Waals surface area contributed by atoms with Gasteiger partial charge in [-0.3, -0.25) is 20.0 Å². The van der Waals surface area contributed by atoms with Crippen LogP contribution in [0.2, 0.25) is 0 Å². The lowest BCUT2D eigenvalue weighted by atomic mass is 10.6. The van der Waals surface area contributed by atoms with Crippen LogP contribution in [-0.4, -0.2) is 63.8 Å². The van der Waals surface area contributed by atoms with Crippen molar-refractivity contribution in [3.8, 4) is 0 Å². The number of nitrogens with two attached hydrogens (primary N) is 1. The summed E-state index contributed by atoms with van der Waals surface area (Å²) >= 11 is 0. The summed E-state index contributed by atoms with van der Waals surface area (Å²) in [5.74, 6) is 0. The summed E-state index contributed by atoms with van der Waals surface area (Å²) in [5, 5.41) is 6.73. The normalized spacial score (nSPS) is 12.6. The fraction of sp³-hybridized carbons (Fsp3) is 0.500. The minimum atomic E-state index is 0.423. The van der Waals surface area contributed by atoms with E-state index in [0.29, 0.717) is 32.7 Å². The van der Waals surface area contributed by atoms with Crippen molar-refractivity contribution >= 4 is 31.1 Å². The van der Waals surface area contributed by atoms with Gasteiger partial charge in [-0.2, -0.15) is 0 Å². The monoisotopic (exact) mass is 222 g/mol. The maximum Gasteiger partial charge on any atom is 0.0734 e. The summed E-state index contributed by atoms with van der Waals surface area (Å²) in [7, 11) is 0. The van der Waals surface area contributed by atoms with Crippen LogP contribution in [0.3, 0.4) is 0 Å². The minimum absolute atomic E-state index is 0.423. The van der Waals surface area contributed by atoms with Crippen molar-refractivity contribution < 1.29 is 0 Å². The van der Waals surface area contributed by atoms with Crippen molar-refractivity contribution in [3.63, 3.8) is 0 Å². The number of nitrogens with zero attached hydrogens (tertiary/aromatic N) is 4. The molecule has 0 radical (unpaired) electrons. The lowest BCUT2D eigenvalue weighted by molar-refractivity contribution is 1.22. The first-order valence-electron chi connectivity index (χ1n) is 5.04. The number of hydrogen-bond acceptors (Lipinski definition) is 6. The Labute approximate surface area is 95.6 Å². The molecule has 6 heteroatoms. The lowest BCUT2D eigenvalue weighted by Gasteiger charge is -1.85. The fourth-order valence-corrected chi connectivity index (χ4v) is 0.740. The predicted molar refractivity (Wildman–Crippen MR) is 71.3 cm³/mol. The molecule has 0 heterocycles. The number of nitrogens with one attached hydrogen (secondary N) is 1. The van der Waals surface area contributed by atoms with Crippen LogP contribution >= 0.6 is 0 Å². The highest BCUT2D eigenvalue weighted by Crippen LogP contribution is 1.70. The fourth-order valence-electron chi connectivity index (χ4n) is 0.740. The lowest BCUT2D eigenvalue weighted by Crippen LogP contribution is -1.99. The Bertz CT molecular complexity index is 266. The van der Waals surface area contributed by atoms with Gasteiger partial charge in [0.2, 0.25) is 0 Å². The van der Waals surface area contributed by atoms with E-state index >= 15 is 0 Å². The molecular formula is C10H18N6. The smallest absolute Gasteiger partial charge is 0.0734 e. The molecule has 16 heavy (non-hydrogen) atoms. The Hall–Kier alpha value is -1.69. The zero-order chi connectivity index (χ0) is 11.9. The van der Waals surface area contributed by atoms with E-state index in [1.54, 1.807) is 24.9 Å². The van der Waals surface area contributed by atoms with E-state index in [4.69, 9.17) is 11.1 Å². The number of rotatable bonds is 9. The van der Waals surface area contributed by atoms with E-state index in [0.717, 1.165) is 0 Å². The van der Waals surface area contributed by atoms with Crippen molar-refractivity contribution in [1.82, 2.24) is 0 Å². The highest BCUT2D eigenvalue weighted by molar-refractivity contribution is 5.70. The highest BCUT2D eigenvalue weighted by atomic mass is 14.8. The van der Waals surface area contributed by atoms with E-state index in [9.17, 15) is 0 Å². The van der Waals surface area contributed by atoms with Gasteiger partial charge in [-0.05, 0) is 0 Å². The summed E-state index contributed by atoms with van der Waals surface area (Å²) in [4.78, 5) is 16.0. The third-order valence-corrected chi connectivity index (χ3v) is 1.38. The van der Waals surface area contributed by atoms with Crippen LogP contribution in [0.5, 0.6) is 0 Å². The van der Waals surface area contributed by atoms with Gasteiger partial charge in [0, 0.05) is 37.6 Å². The van der Waals surface area contributed by atoms with Gasteiger partial charge in [-0.1, -0.05) is 0 Å². The van der Waals surface area contributed by atoms with Crippen LogP contribution in [0.25, 0.3) is 0 Å². The Morgan fingerprint density at radius 2 is 1.19 bits per heavy atom. The number of aliphatic imine (C=N–C) groups is 4. The zero-order valence-corrected chi connectivity index (χ0v) is 9.29. The standard InChI is InChI=1S/C10H18N6/c11-1-3-13-5-7-15-9-10-16-8-6-14-4-2-12/h1,4-5,8-9,11H,2-3,6-7,10,12H2. The molecule has 0 saturated heterocycles. The van der Waals surface area contributed by atoms with E-state index in [-0.39, 0.29) is 0 Å². The summed E-state index contributed by atoms with van der Waals surface area (Å²) in [5.41, 5.74) is 5.22. The Balaban J connectivity index is 3.39. The van der Waals surface area contributed by atoms with Crippen LogP contribution in [0.1, 0.15) is 0 Å². The van der Waals surface area contributed by atoms with Crippen LogP contribution < -0.4 is 5.73 Å². The molecule has 0 spiro atoms. The second-order valence-electron chi connectivity index (χ2n) is 2.63. The van der Waals surface area contributed by atoms with Crippen molar-refractivity contribution in [2.24, 2.45) is 25.7 Å². The zero-order valence-electron chi connectivity index (χ0n) is 9.29. The van der Waals surface area contributed by atoms with Crippen LogP contribution in [-0.2, 0) is 0 Å². The van der Waals surface area contributed by atoms with Crippen LogP contribution in [0.15, 0.2) is 20.0 Å². The van der Waals surface area contributed by atoms with Crippen molar-refractivity contribution in [2.45, 2.75) is 0 Å². The Morgan fingerprint density at radius 1 is 0.750 bits per heavy atom. The van der Waals surface area contributed by atoms with Gasteiger partial charge in [0.15, 0.2) is 0 Å². The first kappa shape index (κ1) is 14.3. The summed E-state index contributed by atoms with van der Waals surface area (Å²) in [6.07, 6.45) is 8.02. The van der Waals surface area contributed by atoms with E-state index in [1.165, 1.54) is 6.21 Å². The average Bonchev–Trinajstić information content (AvgIpc) is 2.31. The van der Waals surface area contributed by atoms with Crippen molar-refractivity contribution in [2.75, 3.05) is 32.7 Å². The molecule has 0 rings (SSSR count). The predicted octanol–water partition coefficient (Wildman–Crippen LogP) is -0.122. The molecule has 0 amide bonds. The molecular weight excluding hydrogens is 204 g/mol. The maximum absolute atomic E-state index is 6.73. The second kappa shape index (κ2) is 13.3. The Kier molecular flexibility index (Phi) is 11.9. The average molecular weight is 222 g/mol. The Morgan fingerprint density at radius 3 is 1.62 bits per heavy atom. The molecule has 0 aromatic carbocycles. The quantitative estimate of drug-likeness (QED) is 0.522. The second-order valence-corrected chi connectivity index (χ2v) is 2.63. The first-order chi connectivity index (χ1) is 7.91.